The van der Waals surface area contributed by atoms with E-state index in [1.54, 1.807) is 13.8 Å². The average Bonchev–Trinajstić information content (AvgIpc) is 3.40. The van der Waals surface area contributed by atoms with Crippen molar-refractivity contribution in [3.63, 3.8) is 0 Å². The van der Waals surface area contributed by atoms with E-state index in [4.69, 9.17) is 9.47 Å². The second-order valence-corrected chi connectivity index (χ2v) is 20.5. The normalized spacial score (nSPS) is 43.7. The summed E-state index contributed by atoms with van der Waals surface area (Å²) in [6.45, 7) is 23.8. The molecular weight excluding hydrogens is 620 g/mol. The van der Waals surface area contributed by atoms with Gasteiger partial charge in [-0.15, -0.1) is 0 Å². The molecule has 5 heteroatoms. The van der Waals surface area contributed by atoms with Crippen molar-refractivity contribution in [1.82, 2.24) is 0 Å². The van der Waals surface area contributed by atoms with Crippen LogP contribution < -0.4 is 0 Å². The van der Waals surface area contributed by atoms with Crippen LogP contribution in [0.1, 0.15) is 171 Å². The quantitative estimate of drug-likeness (QED) is 0.192. The Kier molecular flexibility index (Phi) is 10.3. The highest BCUT2D eigenvalue weighted by molar-refractivity contribution is 5.81. The lowest BCUT2D eigenvalue weighted by Crippen LogP contribution is -2.66. The summed E-state index contributed by atoms with van der Waals surface area (Å²) in [6, 6.07) is 0. The van der Waals surface area contributed by atoms with E-state index in [2.05, 4.69) is 54.2 Å². The number of carbonyl (C=O) groups excluding carboxylic acids is 1. The van der Waals surface area contributed by atoms with Gasteiger partial charge in [0.2, 0.25) is 0 Å². The molecule has 282 valence electrons. The number of rotatable bonds is 9. The Morgan fingerprint density at radius 2 is 1.62 bits per heavy atom. The van der Waals surface area contributed by atoms with Crippen molar-refractivity contribution in [2.24, 2.45) is 62.1 Å². The molecular formula is C45H72O5. The topological polar surface area (TPSA) is 72.8 Å². The number of allylic oxidation sites excluding steroid dienone is 3. The lowest BCUT2D eigenvalue weighted by molar-refractivity contribution is -0.251. The van der Waals surface area contributed by atoms with Gasteiger partial charge in [0, 0.05) is 11.8 Å². The van der Waals surface area contributed by atoms with Gasteiger partial charge in [-0.2, -0.15) is 0 Å². The Balaban J connectivity index is 1.21. The number of carboxylic acid groups (broad SMARTS) is 1. The van der Waals surface area contributed by atoms with E-state index in [9.17, 15) is 14.7 Å². The van der Waals surface area contributed by atoms with Crippen LogP contribution in [0.4, 0.5) is 0 Å². The lowest BCUT2D eigenvalue weighted by Gasteiger charge is -2.73. The van der Waals surface area contributed by atoms with Gasteiger partial charge in [-0.1, -0.05) is 59.6 Å². The molecule has 6 aliphatic rings. The first-order valence-corrected chi connectivity index (χ1v) is 20.8. The first-order chi connectivity index (χ1) is 23.4. The number of hydrogen-bond acceptors (Lipinski definition) is 4. The molecule has 50 heavy (non-hydrogen) atoms. The number of aliphatic carboxylic acids is 1. The molecule has 0 unspecified atom stereocenters. The number of carbonyl (C=O) groups is 2. The third-order valence-corrected chi connectivity index (χ3v) is 17.3. The van der Waals surface area contributed by atoms with Crippen molar-refractivity contribution in [1.29, 1.82) is 0 Å². The summed E-state index contributed by atoms with van der Waals surface area (Å²) in [5, 5.41) is 9.61. The van der Waals surface area contributed by atoms with Gasteiger partial charge in [0.25, 0.3) is 0 Å². The van der Waals surface area contributed by atoms with E-state index < -0.39 is 11.4 Å². The largest absolute Gasteiger partial charge is 0.498 e. The summed E-state index contributed by atoms with van der Waals surface area (Å²) >= 11 is 0. The van der Waals surface area contributed by atoms with Gasteiger partial charge in [-0.3, -0.25) is 9.59 Å². The molecule has 0 bridgehead atoms. The van der Waals surface area contributed by atoms with Crippen LogP contribution in [-0.4, -0.2) is 29.8 Å². The molecule has 0 amide bonds. The van der Waals surface area contributed by atoms with Gasteiger partial charge >= 0.3 is 11.9 Å². The summed E-state index contributed by atoms with van der Waals surface area (Å²) in [6.07, 6.45) is 23.2. The van der Waals surface area contributed by atoms with E-state index >= 15 is 0 Å². The van der Waals surface area contributed by atoms with Crippen molar-refractivity contribution in [2.75, 3.05) is 6.61 Å². The molecule has 0 radical (unpaired) electrons. The van der Waals surface area contributed by atoms with Crippen LogP contribution in [0.2, 0.25) is 0 Å². The first kappa shape index (κ1) is 38.0. The molecule has 0 aromatic heterocycles. The third kappa shape index (κ3) is 6.22. The van der Waals surface area contributed by atoms with E-state index in [1.165, 1.54) is 101 Å². The summed E-state index contributed by atoms with van der Waals surface area (Å²) in [7, 11) is 0. The Labute approximate surface area is 305 Å². The van der Waals surface area contributed by atoms with E-state index in [-0.39, 0.29) is 34.7 Å². The number of hydrogen-bond donors (Lipinski definition) is 1. The zero-order chi connectivity index (χ0) is 36.3. The van der Waals surface area contributed by atoms with E-state index in [0.717, 1.165) is 31.8 Å². The fourth-order valence-corrected chi connectivity index (χ4v) is 14.2. The molecule has 6 rings (SSSR count). The summed E-state index contributed by atoms with van der Waals surface area (Å²) in [5.74, 6) is 3.14. The Hall–Kier alpha value is -1.78. The standard InChI is InChI=1S/C45H72O5/c1-30(2)32-19-24-45(27-28-49-31-15-13-11-10-12-14-16-31)26-25-43(8)33(38(32)45)17-18-35-42(7)22-21-36(50-37(46)29-40(3,4)39(47)48)41(5,6)34(42)20-23-44(35,43)9/h15,32-36,38H,1,10-14,16-29H2,2-9H3,(H,47,48)/b31-15+/t32-,33+,34-,35+,36-,38+,42-,43+,44+,45+/m0/s1. The smallest absolute Gasteiger partial charge is 0.309 e. The highest BCUT2D eigenvalue weighted by atomic mass is 16.5. The maximum absolute atomic E-state index is 13.1. The Bertz CT molecular complexity index is 1340. The maximum atomic E-state index is 13.1. The zero-order valence-electron chi connectivity index (χ0n) is 33.3. The van der Waals surface area contributed by atoms with Crippen LogP contribution in [-0.2, 0) is 19.1 Å². The molecule has 1 N–H and O–H groups in total. The van der Waals surface area contributed by atoms with E-state index in [0.29, 0.717) is 34.5 Å². The molecule has 0 heterocycles. The number of ether oxygens (including phenoxy) is 2. The summed E-state index contributed by atoms with van der Waals surface area (Å²) in [5.41, 5.74) is 1.29. The second-order valence-electron chi connectivity index (χ2n) is 20.5. The van der Waals surface area contributed by atoms with Gasteiger partial charge in [-0.05, 0) is 168 Å². The molecule has 10 atom stereocenters. The second kappa shape index (κ2) is 13.6. The van der Waals surface area contributed by atoms with Crippen LogP contribution in [0.15, 0.2) is 24.0 Å². The van der Waals surface area contributed by atoms with Crippen LogP contribution >= 0.6 is 0 Å². The van der Waals surface area contributed by atoms with Gasteiger partial charge in [-0.25, -0.2) is 0 Å². The summed E-state index contributed by atoms with van der Waals surface area (Å²) in [4.78, 5) is 24.8. The minimum Gasteiger partial charge on any atom is -0.498 e. The SMILES string of the molecule is C=C(C)[C@@H]1CC[C@]2(CCO/C3=C/CCCCCC3)CC[C@]3(C)[C@H](CC[C@@H]4[C@@]5(C)CC[C@H](OC(=O)CC(C)(C)C(=O)O)C(C)(C)[C@@H]5CC[C@]43C)[C@@H]12. The number of fused-ring (bicyclic) bond motifs is 7. The molecule has 0 aromatic carbocycles. The lowest BCUT2D eigenvalue weighted by atomic mass is 9.32. The fraction of sp³-hybridized carbons (Fsp3) is 0.867. The Morgan fingerprint density at radius 1 is 0.880 bits per heavy atom. The average molecular weight is 693 g/mol. The minimum atomic E-state index is -1.12. The zero-order valence-corrected chi connectivity index (χ0v) is 33.3. The molecule has 0 aliphatic heterocycles. The monoisotopic (exact) mass is 693 g/mol. The van der Waals surface area contributed by atoms with Crippen LogP contribution in [0, 0.1) is 62.1 Å². The molecule has 5 saturated carbocycles. The van der Waals surface area contributed by atoms with Crippen molar-refractivity contribution in [3.8, 4) is 0 Å². The van der Waals surface area contributed by atoms with Crippen molar-refractivity contribution in [2.45, 2.75) is 177 Å². The van der Waals surface area contributed by atoms with Gasteiger partial charge in [0.15, 0.2) is 0 Å². The van der Waals surface area contributed by atoms with Crippen molar-refractivity contribution in [3.05, 3.63) is 24.0 Å². The Morgan fingerprint density at radius 3 is 2.34 bits per heavy atom. The fourth-order valence-electron chi connectivity index (χ4n) is 14.2. The van der Waals surface area contributed by atoms with Crippen molar-refractivity contribution < 1.29 is 24.2 Å². The predicted octanol–water partition coefficient (Wildman–Crippen LogP) is 11.7. The molecule has 5 fully saturated rings. The van der Waals surface area contributed by atoms with Crippen LogP contribution in [0.25, 0.3) is 0 Å². The number of carboxylic acids is 1. The van der Waals surface area contributed by atoms with E-state index in [1.807, 2.05) is 0 Å². The highest BCUT2D eigenvalue weighted by Crippen LogP contribution is 2.78. The number of esters is 1. The third-order valence-electron chi connectivity index (χ3n) is 17.3. The van der Waals surface area contributed by atoms with Gasteiger partial charge in [0.05, 0.1) is 24.2 Å². The first-order valence-electron chi connectivity index (χ1n) is 20.8. The molecule has 6 aliphatic carbocycles. The van der Waals surface area contributed by atoms with Crippen LogP contribution in [0.5, 0.6) is 0 Å². The molecule has 0 aromatic rings. The highest BCUT2D eigenvalue weighted by Gasteiger charge is 2.71. The van der Waals surface area contributed by atoms with Crippen molar-refractivity contribution >= 4 is 11.9 Å². The molecule has 0 saturated heterocycles. The molecule has 5 nitrogen and oxygen atoms in total. The van der Waals surface area contributed by atoms with Gasteiger partial charge in [0.1, 0.15) is 6.10 Å². The summed E-state index contributed by atoms with van der Waals surface area (Å²) < 4.78 is 12.8. The predicted molar refractivity (Wildman–Crippen MR) is 201 cm³/mol. The van der Waals surface area contributed by atoms with Gasteiger partial charge < -0.3 is 14.6 Å². The maximum Gasteiger partial charge on any atom is 0.309 e. The van der Waals surface area contributed by atoms with Crippen LogP contribution in [0.3, 0.4) is 0 Å². The minimum absolute atomic E-state index is 0.0882. The molecule has 0 spiro atoms.